The lowest BCUT2D eigenvalue weighted by atomic mass is 10.1. The van der Waals surface area contributed by atoms with Gasteiger partial charge in [0.15, 0.2) is 0 Å². The van der Waals surface area contributed by atoms with Gasteiger partial charge in [0.05, 0.1) is 0 Å². The molecule has 6 nitrogen and oxygen atoms in total. The van der Waals surface area contributed by atoms with Crippen LogP contribution < -0.4 is 5.32 Å². The summed E-state index contributed by atoms with van der Waals surface area (Å²) in [7, 11) is 0. The van der Waals surface area contributed by atoms with Gasteiger partial charge in [-0.1, -0.05) is 48.0 Å². The smallest absolute Gasteiger partial charge is 0.322 e. The first-order valence-electron chi connectivity index (χ1n) is 12.5. The van der Waals surface area contributed by atoms with Crippen molar-refractivity contribution in [1.29, 1.82) is 0 Å². The second-order valence-electron chi connectivity index (χ2n) is 9.54. The second kappa shape index (κ2) is 10.6. The summed E-state index contributed by atoms with van der Waals surface area (Å²) in [4.78, 5) is 31.4. The van der Waals surface area contributed by atoms with E-state index in [1.807, 2.05) is 60.0 Å². The molecule has 0 unspecified atom stereocenters. The van der Waals surface area contributed by atoms with Gasteiger partial charge in [0.2, 0.25) is 0 Å². The van der Waals surface area contributed by atoms with Crippen molar-refractivity contribution in [1.82, 2.24) is 14.4 Å². The van der Waals surface area contributed by atoms with E-state index in [9.17, 15) is 9.59 Å². The Balaban J connectivity index is 1.25. The molecule has 0 bridgehead atoms. The number of thiophene rings is 1. The van der Waals surface area contributed by atoms with E-state index in [1.165, 1.54) is 5.56 Å². The zero-order chi connectivity index (χ0) is 25.1. The Kier molecular flexibility index (Phi) is 7.09. The number of urea groups is 1. The van der Waals surface area contributed by atoms with Crippen LogP contribution in [0.3, 0.4) is 0 Å². The molecule has 1 atom stereocenters. The van der Waals surface area contributed by atoms with Gasteiger partial charge in [0.1, 0.15) is 10.5 Å². The lowest BCUT2D eigenvalue weighted by molar-refractivity contribution is 0.0582. The van der Waals surface area contributed by atoms with Crippen molar-refractivity contribution in [3.63, 3.8) is 0 Å². The third kappa shape index (κ3) is 5.16. The Morgan fingerprint density at radius 2 is 1.81 bits per heavy atom. The normalized spacial score (nSPS) is 15.9. The number of hydrogen-bond donors (Lipinski definition) is 1. The van der Waals surface area contributed by atoms with Crippen LogP contribution in [0.25, 0.3) is 10.2 Å². The first kappa shape index (κ1) is 24.1. The minimum atomic E-state index is -0.122. The van der Waals surface area contributed by atoms with Crippen molar-refractivity contribution in [3.8, 4) is 0 Å². The summed E-state index contributed by atoms with van der Waals surface area (Å²) in [5, 5.41) is 6.19. The van der Waals surface area contributed by atoms with E-state index in [0.717, 1.165) is 46.5 Å². The lowest BCUT2D eigenvalue weighted by Crippen LogP contribution is -2.56. The Bertz CT molecular complexity index is 1340. The molecule has 5 rings (SSSR count). The van der Waals surface area contributed by atoms with Gasteiger partial charge >= 0.3 is 6.03 Å². The van der Waals surface area contributed by atoms with E-state index >= 15 is 0 Å². The Morgan fingerprint density at radius 3 is 2.56 bits per heavy atom. The molecule has 2 aromatic carbocycles. The molecule has 1 N–H and O–H groups in total. The Labute approximate surface area is 216 Å². The molecule has 1 fully saturated rings. The second-order valence-corrected chi connectivity index (χ2v) is 10.4. The minimum absolute atomic E-state index is 0.0450. The summed E-state index contributed by atoms with van der Waals surface area (Å²) < 4.78 is 2.19. The van der Waals surface area contributed by atoms with Crippen molar-refractivity contribution in [2.75, 3.05) is 25.0 Å². The summed E-state index contributed by atoms with van der Waals surface area (Å²) in [6, 6.07) is 22.2. The summed E-state index contributed by atoms with van der Waals surface area (Å²) in [5.41, 5.74) is 3.99. The number of hydrogen-bond acceptors (Lipinski definition) is 3. The monoisotopic (exact) mass is 500 g/mol. The molecule has 0 saturated carbocycles. The molecule has 3 heterocycles. The number of nitrogens with one attached hydrogen (secondary N) is 1. The first-order valence-corrected chi connectivity index (χ1v) is 13.4. The van der Waals surface area contributed by atoms with Crippen LogP contribution in [0.1, 0.15) is 35.0 Å². The SMILES string of the molecule is Cc1ccc(NC(=O)N2CCN(C(=O)c3cc4ccsc4n3CCCc3ccccc3)C[C@H]2C)cc1. The van der Waals surface area contributed by atoms with E-state index in [-0.39, 0.29) is 18.0 Å². The van der Waals surface area contributed by atoms with Crippen molar-refractivity contribution in [3.05, 3.63) is 88.9 Å². The van der Waals surface area contributed by atoms with E-state index in [2.05, 4.69) is 45.6 Å². The molecule has 2 aromatic heterocycles. The molecule has 0 aliphatic carbocycles. The van der Waals surface area contributed by atoms with E-state index in [0.29, 0.717) is 19.6 Å². The number of aromatic nitrogens is 1. The maximum Gasteiger partial charge on any atom is 0.322 e. The van der Waals surface area contributed by atoms with E-state index in [1.54, 1.807) is 11.3 Å². The molecule has 186 valence electrons. The van der Waals surface area contributed by atoms with Gasteiger partial charge in [-0.2, -0.15) is 0 Å². The molecule has 0 radical (unpaired) electrons. The van der Waals surface area contributed by atoms with Crippen molar-refractivity contribution >= 4 is 39.2 Å². The van der Waals surface area contributed by atoms with Gasteiger partial charge < -0.3 is 19.7 Å². The number of aryl methyl sites for hydroxylation is 3. The third-order valence-corrected chi connectivity index (χ3v) is 7.84. The molecule has 1 aliphatic rings. The van der Waals surface area contributed by atoms with Crippen molar-refractivity contribution in [2.24, 2.45) is 0 Å². The average Bonchev–Trinajstić information content (AvgIpc) is 3.48. The van der Waals surface area contributed by atoms with Crippen LogP contribution in [-0.2, 0) is 13.0 Å². The standard InChI is InChI=1S/C29H32N4O2S/c1-21-10-12-25(13-11-21)30-29(35)32-17-16-31(20-22(32)2)27(34)26-19-24-14-18-36-28(24)33(26)15-6-9-23-7-4-3-5-8-23/h3-5,7-8,10-14,18-19,22H,6,9,15-17,20H2,1-2H3,(H,30,35)/t22-/m1/s1. The number of fused-ring (bicyclic) bond motifs is 1. The summed E-state index contributed by atoms with van der Waals surface area (Å²) in [6.45, 7) is 6.37. The topological polar surface area (TPSA) is 57.6 Å². The lowest BCUT2D eigenvalue weighted by Gasteiger charge is -2.39. The first-order chi connectivity index (χ1) is 17.5. The molecular weight excluding hydrogens is 468 g/mol. The fourth-order valence-electron chi connectivity index (χ4n) is 4.90. The van der Waals surface area contributed by atoms with Gasteiger partial charge in [0.25, 0.3) is 5.91 Å². The van der Waals surface area contributed by atoms with Crippen LogP contribution in [0.2, 0.25) is 0 Å². The number of carbonyl (C=O) groups is 2. The largest absolute Gasteiger partial charge is 0.334 e. The zero-order valence-electron chi connectivity index (χ0n) is 20.8. The Morgan fingerprint density at radius 1 is 1.03 bits per heavy atom. The van der Waals surface area contributed by atoms with Gasteiger partial charge in [-0.25, -0.2) is 4.79 Å². The molecule has 3 amide bonds. The number of benzene rings is 2. The van der Waals surface area contributed by atoms with Gasteiger partial charge in [0, 0.05) is 43.3 Å². The molecular formula is C29H32N4O2S. The summed E-state index contributed by atoms with van der Waals surface area (Å²) in [5.74, 6) is 0.0450. The summed E-state index contributed by atoms with van der Waals surface area (Å²) in [6.07, 6.45) is 1.95. The van der Waals surface area contributed by atoms with Crippen LogP contribution >= 0.6 is 11.3 Å². The maximum absolute atomic E-state index is 13.7. The van der Waals surface area contributed by atoms with Crippen LogP contribution in [0, 0.1) is 6.92 Å². The van der Waals surface area contributed by atoms with E-state index in [4.69, 9.17) is 0 Å². The highest BCUT2D eigenvalue weighted by molar-refractivity contribution is 7.16. The summed E-state index contributed by atoms with van der Waals surface area (Å²) >= 11 is 1.68. The van der Waals surface area contributed by atoms with Crippen LogP contribution in [0.15, 0.2) is 72.1 Å². The van der Waals surface area contributed by atoms with Crippen LogP contribution in [0.4, 0.5) is 10.5 Å². The van der Waals surface area contributed by atoms with Crippen molar-refractivity contribution in [2.45, 2.75) is 39.3 Å². The number of piperazine rings is 1. The highest BCUT2D eigenvalue weighted by Crippen LogP contribution is 2.27. The molecule has 1 aliphatic heterocycles. The highest BCUT2D eigenvalue weighted by atomic mass is 32.1. The molecule has 1 saturated heterocycles. The van der Waals surface area contributed by atoms with Gasteiger partial charge in [-0.15, -0.1) is 11.3 Å². The van der Waals surface area contributed by atoms with Crippen molar-refractivity contribution < 1.29 is 9.59 Å². The van der Waals surface area contributed by atoms with E-state index < -0.39 is 0 Å². The fourth-order valence-corrected chi connectivity index (χ4v) is 5.82. The number of carbonyl (C=O) groups excluding carboxylic acids is 2. The number of amides is 3. The molecule has 4 aromatic rings. The fraction of sp³-hybridized carbons (Fsp3) is 0.310. The highest BCUT2D eigenvalue weighted by Gasteiger charge is 2.31. The third-order valence-electron chi connectivity index (χ3n) is 6.89. The van der Waals surface area contributed by atoms with Gasteiger partial charge in [-0.05, 0) is 61.9 Å². The quantitative estimate of drug-likeness (QED) is 0.352. The molecule has 7 heteroatoms. The average molecular weight is 501 g/mol. The van der Waals surface area contributed by atoms with Crippen LogP contribution in [0.5, 0.6) is 0 Å². The molecule has 36 heavy (non-hydrogen) atoms. The molecule has 0 spiro atoms. The van der Waals surface area contributed by atoms with Gasteiger partial charge in [-0.3, -0.25) is 4.79 Å². The minimum Gasteiger partial charge on any atom is -0.334 e. The number of rotatable bonds is 6. The van der Waals surface area contributed by atoms with Crippen LogP contribution in [-0.4, -0.2) is 52.0 Å². The predicted molar refractivity (Wildman–Crippen MR) is 147 cm³/mol. The maximum atomic E-state index is 13.7. The number of anilines is 1. The Hall–Kier alpha value is -3.58. The number of nitrogens with zero attached hydrogens (tertiary/aromatic N) is 3. The predicted octanol–water partition coefficient (Wildman–Crippen LogP) is 6.02. The zero-order valence-corrected chi connectivity index (χ0v) is 21.6.